The molecule has 9 heteroatoms. The van der Waals surface area contributed by atoms with E-state index in [4.69, 9.17) is 5.53 Å². The fourth-order valence-corrected chi connectivity index (χ4v) is 4.12. The third-order valence-corrected chi connectivity index (χ3v) is 5.89. The number of nitrogens with zero attached hydrogens (tertiary/aromatic N) is 3. The fourth-order valence-electron chi connectivity index (χ4n) is 2.60. The van der Waals surface area contributed by atoms with E-state index in [0.717, 1.165) is 11.2 Å². The number of carbonyl (C=O) groups is 2. The van der Waals surface area contributed by atoms with Gasteiger partial charge < -0.3 is 10.3 Å². The Morgan fingerprint density at radius 1 is 1.10 bits per heavy atom. The minimum atomic E-state index is -4.47. The molecule has 0 amide bonds. The number of sulfonamides is 1. The molecule has 2 aromatic rings. The molecule has 2 aromatic carbocycles. The molecule has 0 heterocycles. The number of rotatable bonds is 5. The molecule has 8 nitrogen and oxygen atoms in total. The van der Waals surface area contributed by atoms with Gasteiger partial charge in [0.05, 0.1) is 18.4 Å². The first-order valence-corrected chi connectivity index (χ1v) is 10.2. The summed E-state index contributed by atoms with van der Waals surface area (Å²) in [7, 11) is -3.19. The molecule has 0 radical (unpaired) electrons. The van der Waals surface area contributed by atoms with Crippen molar-refractivity contribution in [3.05, 3.63) is 71.3 Å². The Kier molecular flexibility index (Phi) is 7.26. The van der Waals surface area contributed by atoms with Crippen molar-refractivity contribution in [3.8, 4) is 11.8 Å². The minimum Gasteiger partial charge on any atom is -0.465 e. The van der Waals surface area contributed by atoms with Gasteiger partial charge in [-0.25, -0.2) is 9.10 Å². The SMILES string of the molecule is COC(=O)c1ccc(C#CC(C)N(c2ccccc2)S(=O)(=O)C(=[N+]=[N-])C(C)=O)cc1. The van der Waals surface area contributed by atoms with E-state index in [9.17, 15) is 18.0 Å². The van der Waals surface area contributed by atoms with Crippen molar-refractivity contribution in [1.82, 2.24) is 0 Å². The van der Waals surface area contributed by atoms with Gasteiger partial charge in [-0.15, -0.1) is 4.79 Å². The number of ketones is 1. The van der Waals surface area contributed by atoms with Crippen LogP contribution in [-0.4, -0.2) is 43.2 Å². The minimum absolute atomic E-state index is 0.253. The summed E-state index contributed by atoms with van der Waals surface area (Å²) < 4.78 is 31.6. The maximum Gasteiger partial charge on any atom is 0.466 e. The Hall–Kier alpha value is -3.73. The van der Waals surface area contributed by atoms with Crippen LogP contribution in [-0.2, 0) is 19.6 Å². The summed E-state index contributed by atoms with van der Waals surface area (Å²) in [5, 5.41) is -0.984. The van der Waals surface area contributed by atoms with Crippen molar-refractivity contribution in [1.29, 1.82) is 0 Å². The van der Waals surface area contributed by atoms with Crippen LogP contribution in [0.5, 0.6) is 0 Å². The van der Waals surface area contributed by atoms with Gasteiger partial charge in [-0.1, -0.05) is 30.0 Å². The van der Waals surface area contributed by atoms with E-state index in [-0.39, 0.29) is 5.69 Å². The van der Waals surface area contributed by atoms with Gasteiger partial charge in [0.15, 0.2) is 0 Å². The molecule has 0 bridgehead atoms. The lowest BCUT2D eigenvalue weighted by Gasteiger charge is -2.24. The highest BCUT2D eigenvalue weighted by atomic mass is 32.2. The van der Waals surface area contributed by atoms with Gasteiger partial charge >= 0.3 is 21.0 Å². The van der Waals surface area contributed by atoms with Crippen LogP contribution < -0.4 is 4.31 Å². The van der Waals surface area contributed by atoms with E-state index in [1.807, 2.05) is 0 Å². The van der Waals surface area contributed by atoms with Gasteiger partial charge in [0.1, 0.15) is 6.04 Å². The largest absolute Gasteiger partial charge is 0.466 e. The molecule has 0 aliphatic rings. The van der Waals surface area contributed by atoms with Crippen molar-refractivity contribution in [3.63, 3.8) is 0 Å². The van der Waals surface area contributed by atoms with E-state index >= 15 is 0 Å². The zero-order valence-corrected chi connectivity index (χ0v) is 17.4. The molecular weight excluding hydrogens is 406 g/mol. The topological polar surface area (TPSA) is 117 Å². The summed E-state index contributed by atoms with van der Waals surface area (Å²) in [6.45, 7) is 2.53. The molecule has 0 spiro atoms. The number of carbonyl (C=O) groups excluding carboxylic acids is 2. The van der Waals surface area contributed by atoms with Crippen molar-refractivity contribution in [2.75, 3.05) is 11.4 Å². The predicted molar refractivity (Wildman–Crippen MR) is 111 cm³/mol. The molecule has 0 fully saturated rings. The fraction of sp³-hybridized carbons (Fsp3) is 0.190. The number of esters is 1. The van der Waals surface area contributed by atoms with Crippen molar-refractivity contribution in [2.24, 2.45) is 0 Å². The van der Waals surface area contributed by atoms with E-state index in [1.165, 1.54) is 26.2 Å². The molecular formula is C21H19N3O5S. The van der Waals surface area contributed by atoms with Gasteiger partial charge in [0, 0.05) is 12.5 Å². The van der Waals surface area contributed by atoms with Gasteiger partial charge in [-0.05, 0) is 43.3 Å². The molecule has 30 heavy (non-hydrogen) atoms. The number of hydrogen-bond acceptors (Lipinski definition) is 5. The van der Waals surface area contributed by atoms with Crippen LogP contribution in [0.25, 0.3) is 5.53 Å². The Morgan fingerprint density at radius 2 is 1.70 bits per heavy atom. The number of ether oxygens (including phenoxy) is 1. The summed E-state index contributed by atoms with van der Waals surface area (Å²) in [5.41, 5.74) is 10.2. The molecule has 154 valence electrons. The van der Waals surface area contributed by atoms with E-state index in [0.29, 0.717) is 11.1 Å². The Bertz CT molecular complexity index is 1160. The number of Topliss-reactive ketones (excluding diaryl/α,β-unsaturated/α-hetero) is 1. The van der Waals surface area contributed by atoms with E-state index in [1.54, 1.807) is 42.5 Å². The van der Waals surface area contributed by atoms with Crippen LogP contribution in [0.15, 0.2) is 54.6 Å². The summed E-state index contributed by atoms with van der Waals surface area (Å²) in [6.07, 6.45) is 0. The normalized spacial score (nSPS) is 11.3. The monoisotopic (exact) mass is 425 g/mol. The summed E-state index contributed by atoms with van der Waals surface area (Å²) in [6, 6.07) is 13.4. The third-order valence-electron chi connectivity index (χ3n) is 3.99. The lowest BCUT2D eigenvalue weighted by Crippen LogP contribution is -2.44. The maximum absolute atomic E-state index is 13.0. The second-order valence-electron chi connectivity index (χ2n) is 6.11. The van der Waals surface area contributed by atoms with Crippen molar-refractivity contribution >= 4 is 32.5 Å². The van der Waals surface area contributed by atoms with E-state index in [2.05, 4.69) is 21.4 Å². The molecule has 0 aliphatic heterocycles. The standard InChI is InChI=1S/C21H19N3O5S/c1-15(9-10-17-11-13-18(14-12-17)21(26)29-3)24(19-7-5-4-6-8-19)30(27,28)20(23-22)16(2)25/h4-8,11-15H,1-3H3. The van der Waals surface area contributed by atoms with Gasteiger partial charge in [-0.3, -0.25) is 4.79 Å². The third kappa shape index (κ3) is 5.00. The molecule has 0 saturated heterocycles. The van der Waals surface area contributed by atoms with Gasteiger partial charge in [0.25, 0.3) is 5.78 Å². The van der Waals surface area contributed by atoms with E-state index < -0.39 is 32.9 Å². The van der Waals surface area contributed by atoms with Crippen LogP contribution in [0.3, 0.4) is 0 Å². The van der Waals surface area contributed by atoms with Crippen LogP contribution in [0.1, 0.15) is 29.8 Å². The molecule has 1 atom stereocenters. The first kappa shape index (κ1) is 22.6. The molecule has 0 saturated carbocycles. The first-order valence-electron chi connectivity index (χ1n) is 8.74. The Balaban J connectivity index is 2.46. The first-order chi connectivity index (χ1) is 14.2. The number of benzene rings is 2. The molecule has 2 rings (SSSR count). The lowest BCUT2D eigenvalue weighted by molar-refractivity contribution is -0.114. The number of anilines is 1. The Morgan fingerprint density at radius 3 is 2.20 bits per heavy atom. The van der Waals surface area contributed by atoms with Crippen molar-refractivity contribution < 1.29 is 27.5 Å². The molecule has 1 unspecified atom stereocenters. The highest BCUT2D eigenvalue weighted by Gasteiger charge is 2.41. The second-order valence-corrected chi connectivity index (χ2v) is 7.84. The van der Waals surface area contributed by atoms with Crippen LogP contribution >= 0.6 is 0 Å². The molecule has 0 aromatic heterocycles. The summed E-state index contributed by atoms with van der Waals surface area (Å²) >= 11 is 0. The van der Waals surface area contributed by atoms with Gasteiger partial charge in [-0.2, -0.15) is 8.42 Å². The second kappa shape index (κ2) is 9.65. The molecule has 0 aliphatic carbocycles. The summed E-state index contributed by atoms with van der Waals surface area (Å²) in [5.74, 6) is 4.27. The Labute approximate surface area is 174 Å². The highest BCUT2D eigenvalue weighted by Crippen LogP contribution is 2.22. The quantitative estimate of drug-likeness (QED) is 0.182. The maximum atomic E-state index is 13.0. The zero-order chi connectivity index (χ0) is 22.3. The van der Waals surface area contributed by atoms with Crippen LogP contribution in [0, 0.1) is 11.8 Å². The number of methoxy groups -OCH3 is 1. The molecule has 0 N–H and O–H groups in total. The van der Waals surface area contributed by atoms with Crippen LogP contribution in [0.2, 0.25) is 0 Å². The van der Waals surface area contributed by atoms with Gasteiger partial charge in [0.2, 0.25) is 0 Å². The highest BCUT2D eigenvalue weighted by molar-refractivity contribution is 8.09. The number of hydrogen-bond donors (Lipinski definition) is 0. The summed E-state index contributed by atoms with van der Waals surface area (Å²) in [4.78, 5) is 25.9. The predicted octanol–water partition coefficient (Wildman–Crippen LogP) is 2.27. The van der Waals surface area contributed by atoms with Crippen molar-refractivity contribution in [2.45, 2.75) is 19.9 Å². The average molecular weight is 425 g/mol. The number of para-hydroxylation sites is 1. The zero-order valence-electron chi connectivity index (χ0n) is 16.6. The lowest BCUT2D eigenvalue weighted by atomic mass is 10.1. The smallest absolute Gasteiger partial charge is 0.465 e. The van der Waals surface area contributed by atoms with Crippen LogP contribution in [0.4, 0.5) is 5.69 Å². The average Bonchev–Trinajstić information content (AvgIpc) is 2.72.